The predicted octanol–water partition coefficient (Wildman–Crippen LogP) is 1.11. The molecule has 0 radical (unpaired) electrons. The van der Waals surface area contributed by atoms with Gasteiger partial charge in [0, 0.05) is 32.7 Å². The van der Waals surface area contributed by atoms with Crippen molar-refractivity contribution >= 4 is 6.03 Å². The highest BCUT2D eigenvalue weighted by Crippen LogP contribution is 2.03. The maximum Gasteiger partial charge on any atom is 0.317 e. The van der Waals surface area contributed by atoms with Crippen molar-refractivity contribution in [3.05, 3.63) is 35.4 Å². The Morgan fingerprint density at radius 3 is 3.06 bits per heavy atom. The maximum absolute atomic E-state index is 11.3. The third kappa shape index (κ3) is 3.46. The zero-order chi connectivity index (χ0) is 12.1. The molecule has 2 rings (SSSR count). The minimum atomic E-state index is 0.0577. The van der Waals surface area contributed by atoms with Crippen molar-refractivity contribution < 1.29 is 4.79 Å². The van der Waals surface area contributed by atoms with E-state index in [2.05, 4.69) is 41.8 Å². The van der Waals surface area contributed by atoms with Gasteiger partial charge in [0.25, 0.3) is 0 Å². The van der Waals surface area contributed by atoms with Gasteiger partial charge < -0.3 is 15.5 Å². The summed E-state index contributed by atoms with van der Waals surface area (Å²) in [5, 5.41) is 6.15. The van der Waals surface area contributed by atoms with Crippen LogP contribution in [0.25, 0.3) is 0 Å². The lowest BCUT2D eigenvalue weighted by molar-refractivity contribution is 0.217. The molecular formula is C13H19N3O. The number of hydrogen-bond acceptors (Lipinski definition) is 2. The fourth-order valence-electron chi connectivity index (χ4n) is 1.99. The molecule has 2 N–H and O–H groups in total. The summed E-state index contributed by atoms with van der Waals surface area (Å²) in [7, 11) is 0. The van der Waals surface area contributed by atoms with Gasteiger partial charge >= 0.3 is 6.03 Å². The molecule has 1 fully saturated rings. The fraction of sp³-hybridized carbons (Fsp3) is 0.462. The van der Waals surface area contributed by atoms with Crippen molar-refractivity contribution in [2.24, 2.45) is 0 Å². The number of amides is 2. The lowest BCUT2D eigenvalue weighted by Gasteiger charge is -2.14. The fourth-order valence-corrected chi connectivity index (χ4v) is 1.99. The zero-order valence-electron chi connectivity index (χ0n) is 10.2. The van der Waals surface area contributed by atoms with E-state index in [1.807, 2.05) is 4.90 Å². The molecular weight excluding hydrogens is 214 g/mol. The quantitative estimate of drug-likeness (QED) is 0.748. The second-order valence-electron chi connectivity index (χ2n) is 4.38. The first-order valence-electron chi connectivity index (χ1n) is 6.05. The molecule has 1 heterocycles. The lowest BCUT2D eigenvalue weighted by Crippen LogP contribution is -2.34. The molecule has 1 saturated heterocycles. The van der Waals surface area contributed by atoms with Crippen LogP contribution in [0.3, 0.4) is 0 Å². The molecule has 0 atom stereocenters. The minimum absolute atomic E-state index is 0.0577. The monoisotopic (exact) mass is 233 g/mol. The van der Waals surface area contributed by atoms with Gasteiger partial charge in [-0.2, -0.15) is 0 Å². The van der Waals surface area contributed by atoms with E-state index in [-0.39, 0.29) is 6.03 Å². The summed E-state index contributed by atoms with van der Waals surface area (Å²) in [6.45, 7) is 6.16. The Hall–Kier alpha value is -1.55. The summed E-state index contributed by atoms with van der Waals surface area (Å²) in [6.07, 6.45) is 0. The topological polar surface area (TPSA) is 44.4 Å². The van der Waals surface area contributed by atoms with Crippen LogP contribution in [0.15, 0.2) is 24.3 Å². The van der Waals surface area contributed by atoms with Crippen LogP contribution in [0.2, 0.25) is 0 Å². The van der Waals surface area contributed by atoms with Crippen LogP contribution in [0.4, 0.5) is 4.79 Å². The van der Waals surface area contributed by atoms with Crippen LogP contribution < -0.4 is 10.6 Å². The van der Waals surface area contributed by atoms with Gasteiger partial charge in [-0.15, -0.1) is 0 Å². The maximum atomic E-state index is 11.3. The van der Waals surface area contributed by atoms with Gasteiger partial charge in [-0.25, -0.2) is 4.79 Å². The van der Waals surface area contributed by atoms with Crippen LogP contribution in [0.5, 0.6) is 0 Å². The summed E-state index contributed by atoms with van der Waals surface area (Å²) < 4.78 is 0. The molecule has 1 aliphatic heterocycles. The lowest BCUT2D eigenvalue weighted by atomic mass is 10.1. The Kier molecular flexibility index (Phi) is 3.98. The van der Waals surface area contributed by atoms with Crippen molar-refractivity contribution in [3.8, 4) is 0 Å². The van der Waals surface area contributed by atoms with Crippen molar-refractivity contribution in [2.45, 2.75) is 13.5 Å². The van der Waals surface area contributed by atoms with Crippen LogP contribution >= 0.6 is 0 Å². The van der Waals surface area contributed by atoms with E-state index in [1.54, 1.807) is 0 Å². The summed E-state index contributed by atoms with van der Waals surface area (Å²) in [4.78, 5) is 13.1. The average molecular weight is 233 g/mol. The van der Waals surface area contributed by atoms with Crippen LogP contribution in [0, 0.1) is 6.92 Å². The molecule has 2 amide bonds. The van der Waals surface area contributed by atoms with E-state index in [4.69, 9.17) is 0 Å². The van der Waals surface area contributed by atoms with E-state index in [9.17, 15) is 4.79 Å². The highest BCUT2D eigenvalue weighted by atomic mass is 16.2. The van der Waals surface area contributed by atoms with E-state index >= 15 is 0 Å². The Labute approximate surface area is 102 Å². The van der Waals surface area contributed by atoms with Gasteiger partial charge in [-0.1, -0.05) is 29.8 Å². The number of nitrogens with one attached hydrogen (secondary N) is 2. The molecule has 0 aliphatic carbocycles. The van der Waals surface area contributed by atoms with Gasteiger partial charge in [0.05, 0.1) is 0 Å². The normalized spacial score (nSPS) is 15.1. The van der Waals surface area contributed by atoms with Crippen molar-refractivity contribution in [1.29, 1.82) is 0 Å². The number of carbonyl (C=O) groups is 1. The number of carbonyl (C=O) groups excluding carboxylic acids is 1. The molecule has 17 heavy (non-hydrogen) atoms. The van der Waals surface area contributed by atoms with E-state index in [1.165, 1.54) is 11.1 Å². The van der Waals surface area contributed by atoms with Gasteiger partial charge in [0.2, 0.25) is 0 Å². The molecule has 0 unspecified atom stereocenters. The molecule has 1 aliphatic rings. The van der Waals surface area contributed by atoms with Gasteiger partial charge in [0.1, 0.15) is 0 Å². The number of rotatable bonds is 5. The van der Waals surface area contributed by atoms with Crippen LogP contribution in [-0.4, -0.2) is 37.1 Å². The molecule has 0 bridgehead atoms. The highest BCUT2D eigenvalue weighted by Gasteiger charge is 2.17. The SMILES string of the molecule is Cc1cccc(CNCCN2CCNC2=O)c1. The molecule has 1 aromatic rings. The van der Waals surface area contributed by atoms with Crippen LogP contribution in [0.1, 0.15) is 11.1 Å². The van der Waals surface area contributed by atoms with Crippen molar-refractivity contribution in [1.82, 2.24) is 15.5 Å². The van der Waals surface area contributed by atoms with Gasteiger partial charge in [-0.3, -0.25) is 0 Å². The average Bonchev–Trinajstić information content (AvgIpc) is 2.71. The van der Waals surface area contributed by atoms with E-state index < -0.39 is 0 Å². The minimum Gasteiger partial charge on any atom is -0.336 e. The first kappa shape index (κ1) is 11.9. The Bertz CT molecular complexity index is 392. The summed E-state index contributed by atoms with van der Waals surface area (Å²) in [5.74, 6) is 0. The second kappa shape index (κ2) is 5.68. The summed E-state index contributed by atoms with van der Waals surface area (Å²) in [6, 6.07) is 8.51. The first-order chi connectivity index (χ1) is 8.25. The Balaban J connectivity index is 1.68. The van der Waals surface area contributed by atoms with Crippen LogP contribution in [-0.2, 0) is 6.54 Å². The second-order valence-corrected chi connectivity index (χ2v) is 4.38. The van der Waals surface area contributed by atoms with E-state index in [0.29, 0.717) is 0 Å². The third-order valence-electron chi connectivity index (χ3n) is 2.92. The highest BCUT2D eigenvalue weighted by molar-refractivity contribution is 5.76. The smallest absolute Gasteiger partial charge is 0.317 e. The van der Waals surface area contributed by atoms with Gasteiger partial charge in [0.15, 0.2) is 0 Å². The number of aryl methyl sites for hydroxylation is 1. The number of benzene rings is 1. The zero-order valence-corrected chi connectivity index (χ0v) is 10.2. The van der Waals surface area contributed by atoms with Gasteiger partial charge in [-0.05, 0) is 12.5 Å². The molecule has 0 saturated carbocycles. The third-order valence-corrected chi connectivity index (χ3v) is 2.92. The van der Waals surface area contributed by atoms with Crippen molar-refractivity contribution in [2.75, 3.05) is 26.2 Å². The summed E-state index contributed by atoms with van der Waals surface area (Å²) >= 11 is 0. The molecule has 0 spiro atoms. The molecule has 92 valence electrons. The number of urea groups is 1. The Morgan fingerprint density at radius 1 is 1.47 bits per heavy atom. The first-order valence-corrected chi connectivity index (χ1v) is 6.05. The molecule has 4 nitrogen and oxygen atoms in total. The standard InChI is InChI=1S/C13H19N3O/c1-11-3-2-4-12(9-11)10-14-5-7-16-8-6-15-13(16)17/h2-4,9,14H,5-8,10H2,1H3,(H,15,17). The number of nitrogens with zero attached hydrogens (tertiary/aromatic N) is 1. The van der Waals surface area contributed by atoms with E-state index in [0.717, 1.165) is 32.7 Å². The van der Waals surface area contributed by atoms with Crippen molar-refractivity contribution in [3.63, 3.8) is 0 Å². The Morgan fingerprint density at radius 2 is 2.35 bits per heavy atom. The molecule has 0 aromatic heterocycles. The summed E-state index contributed by atoms with van der Waals surface area (Å²) in [5.41, 5.74) is 2.57. The molecule has 1 aromatic carbocycles. The largest absolute Gasteiger partial charge is 0.336 e. The number of hydrogen-bond donors (Lipinski definition) is 2. The molecule has 4 heteroatoms. The predicted molar refractivity (Wildman–Crippen MR) is 67.9 cm³/mol.